The second-order valence-corrected chi connectivity index (χ2v) is 6.25. The lowest BCUT2D eigenvalue weighted by molar-refractivity contribution is -0.156. The first kappa shape index (κ1) is 21.9. The highest BCUT2D eigenvalue weighted by Crippen LogP contribution is 2.20. The van der Waals surface area contributed by atoms with Crippen molar-refractivity contribution in [3.63, 3.8) is 0 Å². The Hall–Kier alpha value is -3.42. The van der Waals surface area contributed by atoms with Crippen LogP contribution >= 0.6 is 0 Å². The molecule has 2 amide bonds. The summed E-state index contributed by atoms with van der Waals surface area (Å²) >= 11 is 0. The number of rotatable bonds is 9. The number of nitrogens with one attached hydrogen (secondary N) is 1. The fourth-order valence-electron chi connectivity index (χ4n) is 3.00. The molecule has 0 heterocycles. The lowest BCUT2D eigenvalue weighted by Gasteiger charge is -2.24. The molecule has 0 fully saturated rings. The van der Waals surface area contributed by atoms with Crippen LogP contribution in [0.4, 0.5) is 0 Å². The van der Waals surface area contributed by atoms with Crippen LogP contribution in [0.2, 0.25) is 0 Å². The smallest absolute Gasteiger partial charge is 0.312 e. The van der Waals surface area contributed by atoms with Crippen molar-refractivity contribution in [2.45, 2.75) is 26.3 Å². The van der Waals surface area contributed by atoms with E-state index >= 15 is 0 Å². The molecule has 2 rings (SSSR count). The maximum Gasteiger partial charge on any atom is 0.312 e. The van der Waals surface area contributed by atoms with Crippen molar-refractivity contribution in [3.05, 3.63) is 48.0 Å². The Balaban J connectivity index is 2.33. The summed E-state index contributed by atoms with van der Waals surface area (Å²) in [5.41, 5.74) is 5.76. The van der Waals surface area contributed by atoms with Crippen LogP contribution in [0.5, 0.6) is 0 Å². The molecule has 154 valence electrons. The highest BCUT2D eigenvalue weighted by Gasteiger charge is 2.37. The molecule has 0 radical (unpaired) electrons. The Kier molecular flexibility index (Phi) is 7.70. The molecule has 8 heteroatoms. The first-order chi connectivity index (χ1) is 13.9. The van der Waals surface area contributed by atoms with Crippen molar-refractivity contribution in [2.24, 2.45) is 11.7 Å². The molecule has 3 N–H and O–H groups in total. The van der Waals surface area contributed by atoms with Crippen LogP contribution < -0.4 is 11.1 Å². The van der Waals surface area contributed by atoms with E-state index in [0.717, 1.165) is 5.39 Å². The Morgan fingerprint density at radius 1 is 0.966 bits per heavy atom. The number of carbonyl (C=O) groups is 4. The molecular weight excluding hydrogens is 376 g/mol. The summed E-state index contributed by atoms with van der Waals surface area (Å²) in [7, 11) is 0. The molecule has 0 saturated carbocycles. The third-order valence-electron chi connectivity index (χ3n) is 4.31. The number of benzene rings is 2. The van der Waals surface area contributed by atoms with E-state index in [0.29, 0.717) is 10.9 Å². The molecule has 2 aromatic rings. The number of esters is 2. The van der Waals surface area contributed by atoms with Gasteiger partial charge >= 0.3 is 11.9 Å². The van der Waals surface area contributed by atoms with Gasteiger partial charge in [-0.2, -0.15) is 0 Å². The highest BCUT2D eigenvalue weighted by atomic mass is 16.5. The van der Waals surface area contributed by atoms with E-state index in [-0.39, 0.29) is 13.2 Å². The first-order valence-corrected chi connectivity index (χ1v) is 9.29. The van der Waals surface area contributed by atoms with E-state index in [1.165, 1.54) is 0 Å². The van der Waals surface area contributed by atoms with Crippen LogP contribution in [-0.2, 0) is 23.9 Å². The van der Waals surface area contributed by atoms with Gasteiger partial charge < -0.3 is 20.5 Å². The molecule has 0 spiro atoms. The molecule has 2 atom stereocenters. The molecule has 0 aliphatic carbocycles. The lowest BCUT2D eigenvalue weighted by Crippen LogP contribution is -2.52. The van der Waals surface area contributed by atoms with Crippen molar-refractivity contribution in [3.8, 4) is 0 Å². The average Bonchev–Trinajstić information content (AvgIpc) is 2.70. The van der Waals surface area contributed by atoms with Crippen molar-refractivity contribution in [1.82, 2.24) is 5.32 Å². The van der Waals surface area contributed by atoms with Crippen LogP contribution in [0.25, 0.3) is 10.8 Å². The summed E-state index contributed by atoms with van der Waals surface area (Å²) in [4.78, 5) is 49.2. The third-order valence-corrected chi connectivity index (χ3v) is 4.31. The molecule has 0 bridgehead atoms. The van der Waals surface area contributed by atoms with E-state index in [4.69, 9.17) is 15.2 Å². The van der Waals surface area contributed by atoms with Crippen molar-refractivity contribution in [2.75, 3.05) is 13.2 Å². The number of carbonyl (C=O) groups excluding carboxylic acids is 4. The van der Waals surface area contributed by atoms with E-state index < -0.39 is 42.1 Å². The summed E-state index contributed by atoms with van der Waals surface area (Å²) in [5, 5.41) is 4.00. The normalized spacial score (nSPS) is 12.6. The van der Waals surface area contributed by atoms with Gasteiger partial charge in [-0.05, 0) is 30.7 Å². The van der Waals surface area contributed by atoms with E-state index in [1.54, 1.807) is 38.1 Å². The van der Waals surface area contributed by atoms with E-state index in [9.17, 15) is 19.2 Å². The van der Waals surface area contributed by atoms with E-state index in [2.05, 4.69) is 5.32 Å². The zero-order valence-corrected chi connectivity index (χ0v) is 16.3. The van der Waals surface area contributed by atoms with Crippen LogP contribution in [0.3, 0.4) is 0 Å². The van der Waals surface area contributed by atoms with E-state index in [1.807, 2.05) is 18.2 Å². The lowest BCUT2D eigenvalue weighted by atomic mass is 9.94. The summed E-state index contributed by atoms with van der Waals surface area (Å²) in [5.74, 6) is -4.37. The molecule has 0 saturated heterocycles. The number of primary amides is 1. The minimum Gasteiger partial charge on any atom is -0.466 e. The molecule has 8 nitrogen and oxygen atoms in total. The monoisotopic (exact) mass is 400 g/mol. The zero-order chi connectivity index (χ0) is 21.4. The van der Waals surface area contributed by atoms with Gasteiger partial charge in [0.1, 0.15) is 6.04 Å². The molecule has 0 aliphatic heterocycles. The minimum absolute atomic E-state index is 0.0426. The van der Waals surface area contributed by atoms with Crippen LogP contribution in [0.1, 0.15) is 30.6 Å². The predicted molar refractivity (Wildman–Crippen MR) is 106 cm³/mol. The number of nitrogens with two attached hydrogens (primary N) is 1. The first-order valence-electron chi connectivity index (χ1n) is 9.29. The van der Waals surface area contributed by atoms with Crippen LogP contribution in [0.15, 0.2) is 42.5 Å². The van der Waals surface area contributed by atoms with Crippen LogP contribution in [0, 0.1) is 5.92 Å². The molecule has 29 heavy (non-hydrogen) atoms. The Labute approximate surface area is 168 Å². The SMILES string of the molecule is CCOC(=O)C[C@H](C(=O)OCC)[C@@H](NC(=O)c1cccc2ccccc12)C(N)=O. The van der Waals surface area contributed by atoms with Gasteiger partial charge in [0.15, 0.2) is 0 Å². The largest absolute Gasteiger partial charge is 0.466 e. The van der Waals surface area contributed by atoms with Gasteiger partial charge in [-0.25, -0.2) is 0 Å². The average molecular weight is 400 g/mol. The van der Waals surface area contributed by atoms with Gasteiger partial charge in [-0.1, -0.05) is 36.4 Å². The summed E-state index contributed by atoms with van der Waals surface area (Å²) < 4.78 is 9.83. The number of ether oxygens (including phenoxy) is 2. The Morgan fingerprint density at radius 2 is 1.62 bits per heavy atom. The van der Waals surface area contributed by atoms with Crippen molar-refractivity contribution < 1.29 is 28.7 Å². The van der Waals surface area contributed by atoms with Gasteiger partial charge in [0.05, 0.1) is 25.6 Å². The number of hydrogen-bond acceptors (Lipinski definition) is 6. The maximum atomic E-state index is 12.9. The van der Waals surface area contributed by atoms with Gasteiger partial charge in [0.25, 0.3) is 5.91 Å². The third kappa shape index (κ3) is 5.54. The fourth-order valence-corrected chi connectivity index (χ4v) is 3.00. The predicted octanol–water partition coefficient (Wildman–Crippen LogP) is 1.56. The second kappa shape index (κ2) is 10.2. The standard InChI is InChI=1S/C21H24N2O6/c1-3-28-17(24)12-16(21(27)29-4-2)18(19(22)25)23-20(26)15-11-7-9-13-8-5-6-10-14(13)15/h5-11,16,18H,3-4,12H2,1-2H3,(H2,22,25)(H,23,26)/t16-,18+/m0/s1. The Bertz CT molecular complexity index is 906. The number of fused-ring (bicyclic) bond motifs is 1. The molecule has 0 unspecified atom stereocenters. The topological polar surface area (TPSA) is 125 Å². The minimum atomic E-state index is -1.44. The number of hydrogen-bond donors (Lipinski definition) is 2. The number of amides is 2. The van der Waals surface area contributed by atoms with Crippen molar-refractivity contribution >= 4 is 34.5 Å². The van der Waals surface area contributed by atoms with Gasteiger partial charge in [0, 0.05) is 5.56 Å². The Morgan fingerprint density at radius 3 is 2.28 bits per heavy atom. The molecule has 0 aliphatic rings. The maximum absolute atomic E-state index is 12.9. The fraction of sp³-hybridized carbons (Fsp3) is 0.333. The molecular formula is C21H24N2O6. The summed E-state index contributed by atoms with van der Waals surface area (Å²) in [6, 6.07) is 11.0. The van der Waals surface area contributed by atoms with Gasteiger partial charge in [-0.15, -0.1) is 0 Å². The zero-order valence-electron chi connectivity index (χ0n) is 16.3. The molecule has 2 aromatic carbocycles. The molecule has 0 aromatic heterocycles. The van der Waals surface area contributed by atoms with Gasteiger partial charge in [-0.3, -0.25) is 19.2 Å². The highest BCUT2D eigenvalue weighted by molar-refractivity contribution is 6.08. The second-order valence-electron chi connectivity index (χ2n) is 6.25. The summed E-state index contributed by atoms with van der Waals surface area (Å²) in [6.45, 7) is 3.36. The van der Waals surface area contributed by atoms with Crippen molar-refractivity contribution in [1.29, 1.82) is 0 Å². The summed E-state index contributed by atoms with van der Waals surface area (Å²) in [6.07, 6.45) is -0.448. The quantitative estimate of drug-likeness (QED) is 0.616. The van der Waals surface area contributed by atoms with Crippen LogP contribution in [-0.4, -0.2) is 43.0 Å². The van der Waals surface area contributed by atoms with Gasteiger partial charge in [0.2, 0.25) is 5.91 Å².